The fourth-order valence-electron chi connectivity index (χ4n) is 2.79. The number of hydrogen-bond acceptors (Lipinski definition) is 5. The molecule has 0 spiro atoms. The number of methoxy groups -OCH3 is 2. The summed E-state index contributed by atoms with van der Waals surface area (Å²) in [6.07, 6.45) is 2.71. The van der Waals surface area contributed by atoms with Crippen LogP contribution in [0.2, 0.25) is 0 Å². The molecule has 0 aliphatic heterocycles. The Bertz CT molecular complexity index is 921. The molecule has 0 bridgehead atoms. The minimum atomic E-state index is 0.521. The van der Waals surface area contributed by atoms with Gasteiger partial charge < -0.3 is 20.1 Å². The molecule has 0 amide bonds. The Kier molecular flexibility index (Phi) is 6.09. The number of benzene rings is 1. The molecule has 0 saturated heterocycles. The Morgan fingerprint density at radius 1 is 1.11 bits per heavy atom. The van der Waals surface area contributed by atoms with Crippen LogP contribution in [0.5, 0.6) is 11.5 Å². The third kappa shape index (κ3) is 4.46. The second-order valence-corrected chi connectivity index (χ2v) is 5.83. The SMILES string of the molecule is CN=C(NCCc1cc(OC)ccc1OC)NCc1nnc2ccccn12. The monoisotopic (exact) mass is 368 g/mol. The van der Waals surface area contributed by atoms with Crippen LogP contribution in [-0.2, 0) is 13.0 Å². The van der Waals surface area contributed by atoms with E-state index in [4.69, 9.17) is 9.47 Å². The van der Waals surface area contributed by atoms with Crippen molar-refractivity contribution < 1.29 is 9.47 Å². The molecule has 1 aromatic carbocycles. The second-order valence-electron chi connectivity index (χ2n) is 5.83. The van der Waals surface area contributed by atoms with Gasteiger partial charge in [-0.25, -0.2) is 0 Å². The van der Waals surface area contributed by atoms with Crippen molar-refractivity contribution in [3.63, 3.8) is 0 Å². The first kappa shape index (κ1) is 18.5. The molecular weight excluding hydrogens is 344 g/mol. The van der Waals surface area contributed by atoms with Crippen molar-refractivity contribution in [1.82, 2.24) is 25.2 Å². The highest BCUT2D eigenvalue weighted by Gasteiger charge is 2.07. The number of pyridine rings is 1. The van der Waals surface area contributed by atoms with E-state index in [0.717, 1.165) is 35.0 Å². The van der Waals surface area contributed by atoms with Crippen LogP contribution in [0.25, 0.3) is 5.65 Å². The maximum Gasteiger partial charge on any atom is 0.191 e. The summed E-state index contributed by atoms with van der Waals surface area (Å²) < 4.78 is 12.7. The Hall–Kier alpha value is -3.29. The summed E-state index contributed by atoms with van der Waals surface area (Å²) in [4.78, 5) is 4.26. The molecule has 0 unspecified atom stereocenters. The predicted molar refractivity (Wildman–Crippen MR) is 104 cm³/mol. The molecule has 8 nitrogen and oxygen atoms in total. The highest BCUT2D eigenvalue weighted by atomic mass is 16.5. The first-order valence-electron chi connectivity index (χ1n) is 8.69. The number of aromatic nitrogens is 3. The molecule has 0 fully saturated rings. The number of guanidine groups is 1. The Morgan fingerprint density at radius 2 is 2.00 bits per heavy atom. The molecule has 2 aromatic heterocycles. The lowest BCUT2D eigenvalue weighted by molar-refractivity contribution is 0.398. The van der Waals surface area contributed by atoms with Gasteiger partial charge in [0.1, 0.15) is 11.5 Å². The molecular formula is C19H24N6O2. The number of nitrogens with zero attached hydrogens (tertiary/aromatic N) is 4. The molecule has 2 N–H and O–H groups in total. The minimum absolute atomic E-state index is 0.521. The van der Waals surface area contributed by atoms with Crippen molar-refractivity contribution in [2.45, 2.75) is 13.0 Å². The topological polar surface area (TPSA) is 85.1 Å². The molecule has 0 saturated carbocycles. The highest BCUT2D eigenvalue weighted by molar-refractivity contribution is 5.79. The van der Waals surface area contributed by atoms with Crippen molar-refractivity contribution in [2.24, 2.45) is 4.99 Å². The molecule has 3 aromatic rings. The summed E-state index contributed by atoms with van der Waals surface area (Å²) in [5.41, 5.74) is 1.89. The first-order valence-corrected chi connectivity index (χ1v) is 8.69. The van der Waals surface area contributed by atoms with Crippen LogP contribution in [0.3, 0.4) is 0 Å². The molecule has 142 valence electrons. The molecule has 3 rings (SSSR count). The summed E-state index contributed by atoms with van der Waals surface area (Å²) in [6.45, 7) is 1.22. The fourth-order valence-corrected chi connectivity index (χ4v) is 2.79. The summed E-state index contributed by atoms with van der Waals surface area (Å²) in [6, 6.07) is 11.6. The number of rotatable bonds is 7. The predicted octanol–water partition coefficient (Wildman–Crippen LogP) is 1.65. The normalized spacial score (nSPS) is 11.4. The van der Waals surface area contributed by atoms with E-state index < -0.39 is 0 Å². The Balaban J connectivity index is 1.55. The van der Waals surface area contributed by atoms with Crippen LogP contribution in [0, 0.1) is 0 Å². The van der Waals surface area contributed by atoms with Crippen molar-refractivity contribution in [2.75, 3.05) is 27.8 Å². The van der Waals surface area contributed by atoms with Crippen molar-refractivity contribution in [1.29, 1.82) is 0 Å². The number of hydrogen-bond donors (Lipinski definition) is 2. The van der Waals surface area contributed by atoms with Gasteiger partial charge in [0.2, 0.25) is 0 Å². The average Bonchev–Trinajstić information content (AvgIpc) is 3.13. The highest BCUT2D eigenvalue weighted by Crippen LogP contribution is 2.24. The molecule has 0 radical (unpaired) electrons. The van der Waals surface area contributed by atoms with Gasteiger partial charge in [0.25, 0.3) is 0 Å². The smallest absolute Gasteiger partial charge is 0.191 e. The quantitative estimate of drug-likeness (QED) is 0.487. The Morgan fingerprint density at radius 3 is 2.78 bits per heavy atom. The lowest BCUT2D eigenvalue weighted by atomic mass is 10.1. The summed E-state index contributed by atoms with van der Waals surface area (Å²) in [5, 5.41) is 14.9. The maximum atomic E-state index is 5.42. The molecule has 0 atom stereocenters. The van der Waals surface area contributed by atoms with Gasteiger partial charge in [-0.1, -0.05) is 6.07 Å². The van der Waals surface area contributed by atoms with Crippen LogP contribution in [0.1, 0.15) is 11.4 Å². The molecule has 0 aliphatic rings. The average molecular weight is 368 g/mol. The molecule has 8 heteroatoms. The van der Waals surface area contributed by atoms with Gasteiger partial charge >= 0.3 is 0 Å². The van der Waals surface area contributed by atoms with E-state index in [9.17, 15) is 0 Å². The van der Waals surface area contributed by atoms with Crippen molar-refractivity contribution in [3.05, 3.63) is 54.0 Å². The third-order valence-corrected chi connectivity index (χ3v) is 4.20. The summed E-state index contributed by atoms with van der Waals surface area (Å²) in [7, 11) is 5.06. The van der Waals surface area contributed by atoms with Gasteiger partial charge in [-0.3, -0.25) is 9.39 Å². The minimum Gasteiger partial charge on any atom is -0.497 e. The van der Waals surface area contributed by atoms with Crippen molar-refractivity contribution >= 4 is 11.6 Å². The van der Waals surface area contributed by atoms with Crippen LogP contribution < -0.4 is 20.1 Å². The van der Waals surface area contributed by atoms with Gasteiger partial charge in [-0.05, 0) is 42.3 Å². The van der Waals surface area contributed by atoms with E-state index in [1.807, 2.05) is 47.0 Å². The lowest BCUT2D eigenvalue weighted by Crippen LogP contribution is -2.38. The van der Waals surface area contributed by atoms with Gasteiger partial charge in [0.15, 0.2) is 17.4 Å². The Labute approximate surface area is 158 Å². The van der Waals surface area contributed by atoms with Gasteiger partial charge in [0.05, 0.1) is 20.8 Å². The zero-order valence-electron chi connectivity index (χ0n) is 15.8. The van der Waals surface area contributed by atoms with E-state index >= 15 is 0 Å². The lowest BCUT2D eigenvalue weighted by Gasteiger charge is -2.13. The summed E-state index contributed by atoms with van der Waals surface area (Å²) >= 11 is 0. The maximum absolute atomic E-state index is 5.42. The summed E-state index contributed by atoms with van der Waals surface area (Å²) in [5.74, 6) is 3.18. The number of aliphatic imine (C=N–C) groups is 1. The molecule has 0 aliphatic carbocycles. The molecule has 2 heterocycles. The van der Waals surface area contributed by atoms with Crippen LogP contribution in [0.4, 0.5) is 0 Å². The van der Waals surface area contributed by atoms with E-state index in [0.29, 0.717) is 19.0 Å². The third-order valence-electron chi connectivity index (χ3n) is 4.20. The van der Waals surface area contributed by atoms with Crippen LogP contribution in [-0.4, -0.2) is 48.4 Å². The van der Waals surface area contributed by atoms with E-state index in [1.54, 1.807) is 21.3 Å². The van der Waals surface area contributed by atoms with Gasteiger partial charge in [-0.2, -0.15) is 0 Å². The standard InChI is InChI=1S/C19H24N6O2/c1-20-19(22-13-18-24-23-17-6-4-5-11-25(17)18)21-10-9-14-12-15(26-2)7-8-16(14)27-3/h4-8,11-12H,9-10,13H2,1-3H3,(H2,20,21,22). The zero-order chi connectivity index (χ0) is 19.1. The van der Waals surface area contributed by atoms with Crippen LogP contribution >= 0.6 is 0 Å². The molecule has 27 heavy (non-hydrogen) atoms. The zero-order valence-corrected chi connectivity index (χ0v) is 15.8. The van der Waals surface area contributed by atoms with Crippen LogP contribution in [0.15, 0.2) is 47.6 Å². The van der Waals surface area contributed by atoms with E-state index in [-0.39, 0.29) is 0 Å². The number of nitrogens with one attached hydrogen (secondary N) is 2. The fraction of sp³-hybridized carbons (Fsp3) is 0.316. The largest absolute Gasteiger partial charge is 0.497 e. The first-order chi connectivity index (χ1) is 13.2. The number of ether oxygens (including phenoxy) is 2. The second kappa shape index (κ2) is 8.88. The number of fused-ring (bicyclic) bond motifs is 1. The van der Waals surface area contributed by atoms with Crippen molar-refractivity contribution in [3.8, 4) is 11.5 Å². The van der Waals surface area contributed by atoms with E-state index in [2.05, 4.69) is 25.8 Å². The van der Waals surface area contributed by atoms with Gasteiger partial charge in [-0.15, -0.1) is 10.2 Å². The van der Waals surface area contributed by atoms with Gasteiger partial charge in [0, 0.05) is 19.8 Å². The van der Waals surface area contributed by atoms with E-state index in [1.165, 1.54) is 0 Å².